The molecule has 0 bridgehead atoms. The van der Waals surface area contributed by atoms with Crippen LogP contribution < -0.4 is 10.1 Å². The Balaban J connectivity index is 0.000000718. The summed E-state index contributed by atoms with van der Waals surface area (Å²) < 4.78 is 37.4. The van der Waals surface area contributed by atoms with E-state index in [-0.39, 0.29) is 12.3 Å². The highest BCUT2D eigenvalue weighted by Gasteiger charge is 2.38. The van der Waals surface area contributed by atoms with Crippen LogP contribution in [0.5, 0.6) is 5.75 Å². The molecule has 0 fully saturated rings. The second-order valence-corrected chi connectivity index (χ2v) is 9.17. The zero-order valence-electron chi connectivity index (χ0n) is 18.0. The quantitative estimate of drug-likeness (QED) is 0.295. The number of pyridine rings is 1. The molecule has 0 aliphatic rings. The van der Waals surface area contributed by atoms with Crippen LogP contribution in [-0.4, -0.2) is 57.3 Å². The van der Waals surface area contributed by atoms with Gasteiger partial charge in [-0.3, -0.25) is 14.6 Å². The third-order valence-electron chi connectivity index (χ3n) is 3.67. The molecule has 1 amide bonds. The van der Waals surface area contributed by atoms with Gasteiger partial charge in [0, 0.05) is 29.3 Å². The Bertz CT molecular complexity index is 943. The molecule has 0 aliphatic heterocycles. The standard InChI is InChI=1S/C19H22N2O4S2.C2HF3O2/c1-14-5-6-17(12-21-14)25-13-15-3-2-4-16(11-15)19(24)20-8-10-27-26-9-7-18(22)23;3-2(4,5)1(6)7/h2-6,11-12H,7-10,13H2,1H3,(H,20,24)(H,22,23);(H,6,7). The fraction of sp³-hybridized carbons (Fsp3) is 0.333. The third-order valence-corrected chi connectivity index (χ3v) is 6.08. The van der Waals surface area contributed by atoms with Crippen LogP contribution >= 0.6 is 21.6 Å². The van der Waals surface area contributed by atoms with Gasteiger partial charge in [-0.2, -0.15) is 13.2 Å². The zero-order valence-corrected chi connectivity index (χ0v) is 19.6. The van der Waals surface area contributed by atoms with E-state index in [0.29, 0.717) is 30.2 Å². The van der Waals surface area contributed by atoms with Crippen molar-refractivity contribution in [3.63, 3.8) is 0 Å². The number of halogens is 3. The largest absolute Gasteiger partial charge is 0.490 e. The molecule has 1 heterocycles. The average Bonchev–Trinajstić information content (AvgIpc) is 2.77. The molecule has 2 rings (SSSR count). The van der Waals surface area contributed by atoms with Gasteiger partial charge in [-0.15, -0.1) is 0 Å². The monoisotopic (exact) mass is 520 g/mol. The van der Waals surface area contributed by atoms with Gasteiger partial charge in [-0.05, 0) is 36.8 Å². The number of rotatable bonds is 11. The average molecular weight is 521 g/mol. The predicted octanol–water partition coefficient (Wildman–Crippen LogP) is 4.19. The van der Waals surface area contributed by atoms with Gasteiger partial charge in [0.1, 0.15) is 12.4 Å². The summed E-state index contributed by atoms with van der Waals surface area (Å²) >= 11 is 0. The molecule has 0 saturated carbocycles. The number of hydrogen-bond acceptors (Lipinski definition) is 7. The van der Waals surface area contributed by atoms with Crippen molar-refractivity contribution in [2.75, 3.05) is 18.1 Å². The lowest BCUT2D eigenvalue weighted by Gasteiger charge is -2.08. The van der Waals surface area contributed by atoms with E-state index in [1.807, 2.05) is 37.3 Å². The number of aromatic nitrogens is 1. The number of carboxylic acids is 2. The maximum Gasteiger partial charge on any atom is 0.490 e. The number of nitrogens with one attached hydrogen (secondary N) is 1. The third kappa shape index (κ3) is 12.9. The van der Waals surface area contributed by atoms with Crippen molar-refractivity contribution in [1.29, 1.82) is 0 Å². The Morgan fingerprint density at radius 2 is 1.76 bits per heavy atom. The van der Waals surface area contributed by atoms with Crippen molar-refractivity contribution >= 4 is 39.4 Å². The molecule has 1 aromatic carbocycles. The topological polar surface area (TPSA) is 126 Å². The van der Waals surface area contributed by atoms with E-state index in [0.717, 1.165) is 17.0 Å². The SMILES string of the molecule is Cc1ccc(OCc2cccc(C(=O)NCCSSCCC(=O)O)c2)cn1.O=C(O)C(F)(F)F. The summed E-state index contributed by atoms with van der Waals surface area (Å²) in [7, 11) is 3.05. The summed E-state index contributed by atoms with van der Waals surface area (Å²) in [4.78, 5) is 35.7. The number of carbonyl (C=O) groups excluding carboxylic acids is 1. The molecule has 0 aliphatic carbocycles. The maximum absolute atomic E-state index is 12.2. The first-order valence-corrected chi connectivity index (χ1v) is 12.2. The van der Waals surface area contributed by atoms with E-state index in [1.54, 1.807) is 23.1 Å². The maximum atomic E-state index is 12.2. The van der Waals surface area contributed by atoms with Gasteiger partial charge in [0.2, 0.25) is 0 Å². The van der Waals surface area contributed by atoms with Crippen LogP contribution in [0.1, 0.15) is 28.0 Å². The van der Waals surface area contributed by atoms with E-state index in [1.165, 1.54) is 10.8 Å². The van der Waals surface area contributed by atoms with Crippen LogP contribution in [0.3, 0.4) is 0 Å². The van der Waals surface area contributed by atoms with Crippen molar-refractivity contribution in [2.45, 2.75) is 26.1 Å². The molecule has 34 heavy (non-hydrogen) atoms. The molecule has 0 atom stereocenters. The molecule has 8 nitrogen and oxygen atoms in total. The van der Waals surface area contributed by atoms with Gasteiger partial charge in [-0.1, -0.05) is 33.7 Å². The number of carboxylic acid groups (broad SMARTS) is 2. The number of aryl methyl sites for hydroxylation is 1. The van der Waals surface area contributed by atoms with Crippen LogP contribution in [0.25, 0.3) is 0 Å². The number of nitrogens with zero attached hydrogens (tertiary/aromatic N) is 1. The Labute approximate surface area is 201 Å². The van der Waals surface area contributed by atoms with Crippen LogP contribution in [0.15, 0.2) is 42.6 Å². The van der Waals surface area contributed by atoms with Crippen LogP contribution in [0, 0.1) is 6.92 Å². The Morgan fingerprint density at radius 3 is 2.35 bits per heavy atom. The summed E-state index contributed by atoms with van der Waals surface area (Å²) in [5.74, 6) is -1.71. The summed E-state index contributed by atoms with van der Waals surface area (Å²) in [6.45, 7) is 2.81. The molecule has 3 N–H and O–H groups in total. The van der Waals surface area contributed by atoms with Crippen molar-refractivity contribution in [2.24, 2.45) is 0 Å². The molecule has 0 saturated heterocycles. The second kappa shape index (κ2) is 15.1. The van der Waals surface area contributed by atoms with Gasteiger partial charge < -0.3 is 20.3 Å². The fourth-order valence-corrected chi connectivity index (χ4v) is 3.95. The van der Waals surface area contributed by atoms with Crippen molar-refractivity contribution < 1.29 is 42.5 Å². The van der Waals surface area contributed by atoms with Crippen LogP contribution in [0.4, 0.5) is 13.2 Å². The van der Waals surface area contributed by atoms with E-state index in [9.17, 15) is 22.8 Å². The fourth-order valence-electron chi connectivity index (χ4n) is 2.06. The number of carbonyl (C=O) groups is 3. The second-order valence-electron chi connectivity index (χ2n) is 6.47. The summed E-state index contributed by atoms with van der Waals surface area (Å²) in [6.07, 6.45) is -3.25. The lowest BCUT2D eigenvalue weighted by molar-refractivity contribution is -0.192. The molecule has 13 heteroatoms. The number of hydrogen-bond donors (Lipinski definition) is 3. The van der Waals surface area contributed by atoms with Gasteiger partial charge in [0.05, 0.1) is 12.6 Å². The Kier molecular flexibility index (Phi) is 12.9. The summed E-state index contributed by atoms with van der Waals surface area (Å²) in [5, 5.41) is 18.6. The highest BCUT2D eigenvalue weighted by atomic mass is 33.1. The molecule has 0 unspecified atom stereocenters. The first-order valence-electron chi connectivity index (χ1n) is 9.68. The van der Waals surface area contributed by atoms with Gasteiger partial charge >= 0.3 is 18.1 Å². The molecule has 0 spiro atoms. The predicted molar refractivity (Wildman–Crippen MR) is 123 cm³/mol. The number of alkyl halides is 3. The highest BCUT2D eigenvalue weighted by molar-refractivity contribution is 8.76. The van der Waals surface area contributed by atoms with Gasteiger partial charge in [-0.25, -0.2) is 4.79 Å². The Hall–Kier alpha value is -2.93. The lowest BCUT2D eigenvalue weighted by atomic mass is 10.1. The van der Waals surface area contributed by atoms with E-state index >= 15 is 0 Å². The number of benzene rings is 1. The number of aliphatic carboxylic acids is 2. The molecule has 186 valence electrons. The molecule has 2 aromatic rings. The van der Waals surface area contributed by atoms with Crippen molar-refractivity contribution in [3.05, 3.63) is 59.4 Å². The normalized spacial score (nSPS) is 10.6. The van der Waals surface area contributed by atoms with E-state index < -0.39 is 18.1 Å². The van der Waals surface area contributed by atoms with Crippen LogP contribution in [0.2, 0.25) is 0 Å². The summed E-state index contributed by atoms with van der Waals surface area (Å²) in [5.41, 5.74) is 2.42. The summed E-state index contributed by atoms with van der Waals surface area (Å²) in [6, 6.07) is 11.1. The van der Waals surface area contributed by atoms with Crippen LogP contribution in [-0.2, 0) is 16.2 Å². The number of amides is 1. The van der Waals surface area contributed by atoms with Gasteiger partial charge in [0.15, 0.2) is 0 Å². The minimum Gasteiger partial charge on any atom is -0.487 e. The van der Waals surface area contributed by atoms with Gasteiger partial charge in [0.25, 0.3) is 5.91 Å². The van der Waals surface area contributed by atoms with E-state index in [4.69, 9.17) is 19.7 Å². The Morgan fingerprint density at radius 1 is 1.09 bits per heavy atom. The van der Waals surface area contributed by atoms with Crippen molar-refractivity contribution in [1.82, 2.24) is 10.3 Å². The highest BCUT2D eigenvalue weighted by Crippen LogP contribution is 2.21. The zero-order chi connectivity index (χ0) is 25.6. The first-order chi connectivity index (χ1) is 16.0. The van der Waals surface area contributed by atoms with E-state index in [2.05, 4.69) is 10.3 Å². The minimum absolute atomic E-state index is 0.134. The smallest absolute Gasteiger partial charge is 0.487 e. The molecular weight excluding hydrogens is 497 g/mol. The number of ether oxygens (including phenoxy) is 1. The molecule has 0 radical (unpaired) electrons. The first kappa shape index (κ1) is 29.1. The van der Waals surface area contributed by atoms with Crippen molar-refractivity contribution in [3.8, 4) is 5.75 Å². The molecule has 1 aromatic heterocycles. The lowest BCUT2D eigenvalue weighted by Crippen LogP contribution is -2.25. The molecular formula is C21H23F3N2O6S2. The minimum atomic E-state index is -5.08.